The predicted octanol–water partition coefficient (Wildman–Crippen LogP) is 2.62. The normalized spacial score (nSPS) is 13.4. The maximum Gasteiger partial charge on any atom is 0.230 e. The van der Waals surface area contributed by atoms with Crippen LogP contribution in [0, 0.1) is 0 Å². The summed E-state index contributed by atoms with van der Waals surface area (Å²) in [7, 11) is 0. The van der Waals surface area contributed by atoms with Gasteiger partial charge in [-0.05, 0) is 30.5 Å². The number of primary amides is 1. The molecular formula is C17H18N2O. The highest BCUT2D eigenvalue weighted by atomic mass is 16.1. The number of rotatable bonds is 6. The summed E-state index contributed by atoms with van der Waals surface area (Å²) in [5, 5.41) is 0. The summed E-state index contributed by atoms with van der Waals surface area (Å²) in [4.78, 5) is 16.5. The van der Waals surface area contributed by atoms with Crippen molar-refractivity contribution in [1.82, 2.24) is 4.98 Å². The fraction of sp³-hybridized carbons (Fsp3) is 0.176. The molecule has 2 N–H and O–H groups in total. The minimum Gasteiger partial charge on any atom is -0.369 e. The van der Waals surface area contributed by atoms with Crippen LogP contribution in [-0.4, -0.2) is 10.9 Å². The third kappa shape index (κ3) is 2.77. The average molecular weight is 266 g/mol. The molecule has 2 aromatic rings. The van der Waals surface area contributed by atoms with Crippen molar-refractivity contribution in [1.29, 1.82) is 0 Å². The molecule has 0 bridgehead atoms. The molecule has 0 radical (unpaired) electrons. The van der Waals surface area contributed by atoms with Crippen LogP contribution in [0.1, 0.15) is 17.7 Å². The first kappa shape index (κ1) is 14.0. The Kier molecular flexibility index (Phi) is 4.31. The van der Waals surface area contributed by atoms with Crippen LogP contribution in [0.25, 0.3) is 0 Å². The van der Waals surface area contributed by atoms with E-state index < -0.39 is 5.41 Å². The third-order valence-electron chi connectivity index (χ3n) is 3.47. The molecule has 0 aliphatic carbocycles. The van der Waals surface area contributed by atoms with Gasteiger partial charge in [-0.2, -0.15) is 0 Å². The summed E-state index contributed by atoms with van der Waals surface area (Å²) in [6.07, 6.45) is 4.39. The van der Waals surface area contributed by atoms with E-state index >= 15 is 0 Å². The number of hydrogen-bond donors (Lipinski definition) is 1. The summed E-state index contributed by atoms with van der Waals surface area (Å²) in [6, 6.07) is 15.4. The monoisotopic (exact) mass is 266 g/mol. The fourth-order valence-corrected chi connectivity index (χ4v) is 2.42. The topological polar surface area (TPSA) is 56.0 Å². The zero-order chi connectivity index (χ0) is 14.4. The molecule has 1 amide bonds. The molecule has 2 rings (SSSR count). The van der Waals surface area contributed by atoms with Gasteiger partial charge in [0.1, 0.15) is 0 Å². The molecule has 1 heterocycles. The number of nitrogens with two attached hydrogens (primary N) is 1. The van der Waals surface area contributed by atoms with E-state index in [0.29, 0.717) is 18.5 Å². The molecule has 0 aliphatic rings. The minimum atomic E-state index is -0.843. The van der Waals surface area contributed by atoms with Crippen molar-refractivity contribution in [3.63, 3.8) is 0 Å². The molecule has 0 aliphatic heterocycles. The SMILES string of the molecule is C=CCC(Cc1ccccc1)(C(N)=O)c1ccccn1. The van der Waals surface area contributed by atoms with Gasteiger partial charge in [-0.25, -0.2) is 0 Å². The van der Waals surface area contributed by atoms with Gasteiger partial charge in [0.2, 0.25) is 5.91 Å². The Morgan fingerprint density at radius 1 is 1.20 bits per heavy atom. The number of pyridine rings is 1. The van der Waals surface area contributed by atoms with Gasteiger partial charge in [0.15, 0.2) is 0 Å². The van der Waals surface area contributed by atoms with Crippen molar-refractivity contribution in [2.24, 2.45) is 5.73 Å². The molecule has 1 aromatic heterocycles. The van der Waals surface area contributed by atoms with E-state index in [2.05, 4.69) is 11.6 Å². The number of hydrogen-bond acceptors (Lipinski definition) is 2. The number of carbonyl (C=O) groups excluding carboxylic acids is 1. The Hall–Kier alpha value is -2.42. The van der Waals surface area contributed by atoms with E-state index in [9.17, 15) is 4.79 Å². The van der Waals surface area contributed by atoms with Gasteiger partial charge in [0.25, 0.3) is 0 Å². The van der Waals surface area contributed by atoms with Gasteiger partial charge >= 0.3 is 0 Å². The highest BCUT2D eigenvalue weighted by Gasteiger charge is 2.38. The van der Waals surface area contributed by atoms with Crippen molar-refractivity contribution in [3.8, 4) is 0 Å². The number of nitrogens with zero attached hydrogens (tertiary/aromatic N) is 1. The van der Waals surface area contributed by atoms with Crippen LogP contribution in [0.4, 0.5) is 0 Å². The van der Waals surface area contributed by atoms with Crippen LogP contribution in [-0.2, 0) is 16.6 Å². The zero-order valence-electron chi connectivity index (χ0n) is 11.3. The maximum atomic E-state index is 12.2. The van der Waals surface area contributed by atoms with Gasteiger partial charge in [0.05, 0.1) is 11.1 Å². The Morgan fingerprint density at radius 3 is 2.45 bits per heavy atom. The lowest BCUT2D eigenvalue weighted by molar-refractivity contribution is -0.123. The van der Waals surface area contributed by atoms with Crippen LogP contribution in [0.3, 0.4) is 0 Å². The Balaban J connectivity index is 2.48. The van der Waals surface area contributed by atoms with E-state index in [4.69, 9.17) is 5.73 Å². The van der Waals surface area contributed by atoms with Crippen LogP contribution < -0.4 is 5.73 Å². The summed E-state index contributed by atoms with van der Waals surface area (Å²) < 4.78 is 0. The summed E-state index contributed by atoms with van der Waals surface area (Å²) in [6.45, 7) is 3.76. The zero-order valence-corrected chi connectivity index (χ0v) is 11.3. The Bertz CT molecular complexity index is 580. The standard InChI is InChI=1S/C17H18N2O/c1-2-11-17(16(18)20,15-10-6-7-12-19-15)13-14-8-4-3-5-9-14/h2-10,12H,1,11,13H2,(H2,18,20). The van der Waals surface area contributed by atoms with Gasteiger partial charge in [-0.15, -0.1) is 6.58 Å². The van der Waals surface area contributed by atoms with Gasteiger partial charge in [-0.3, -0.25) is 9.78 Å². The molecule has 0 saturated heterocycles. The number of aromatic nitrogens is 1. The largest absolute Gasteiger partial charge is 0.369 e. The van der Waals surface area contributed by atoms with Crippen molar-refractivity contribution in [2.75, 3.05) is 0 Å². The fourth-order valence-electron chi connectivity index (χ4n) is 2.42. The maximum absolute atomic E-state index is 12.2. The van der Waals surface area contributed by atoms with E-state index in [-0.39, 0.29) is 5.91 Å². The molecule has 0 saturated carbocycles. The second-order valence-electron chi connectivity index (χ2n) is 4.82. The lowest BCUT2D eigenvalue weighted by Crippen LogP contribution is -2.43. The quantitative estimate of drug-likeness (QED) is 0.817. The predicted molar refractivity (Wildman–Crippen MR) is 80.1 cm³/mol. The first-order valence-electron chi connectivity index (χ1n) is 6.55. The van der Waals surface area contributed by atoms with Crippen LogP contribution in [0.2, 0.25) is 0 Å². The lowest BCUT2D eigenvalue weighted by Gasteiger charge is -2.29. The average Bonchev–Trinajstić information content (AvgIpc) is 2.48. The number of amides is 1. The van der Waals surface area contributed by atoms with Gasteiger partial charge < -0.3 is 5.73 Å². The lowest BCUT2D eigenvalue weighted by atomic mass is 9.75. The Morgan fingerprint density at radius 2 is 1.90 bits per heavy atom. The van der Waals surface area contributed by atoms with Crippen LogP contribution >= 0.6 is 0 Å². The van der Waals surface area contributed by atoms with E-state index in [1.807, 2.05) is 48.5 Å². The van der Waals surface area contributed by atoms with Crippen molar-refractivity contribution in [3.05, 3.63) is 78.6 Å². The van der Waals surface area contributed by atoms with Crippen molar-refractivity contribution in [2.45, 2.75) is 18.3 Å². The highest BCUT2D eigenvalue weighted by molar-refractivity contribution is 5.86. The van der Waals surface area contributed by atoms with Gasteiger partial charge in [-0.1, -0.05) is 42.5 Å². The molecule has 0 spiro atoms. The Labute approximate surface area is 119 Å². The van der Waals surface area contributed by atoms with Crippen LogP contribution in [0.15, 0.2) is 67.4 Å². The smallest absolute Gasteiger partial charge is 0.230 e. The van der Waals surface area contributed by atoms with Gasteiger partial charge in [0, 0.05) is 6.20 Å². The second-order valence-corrected chi connectivity index (χ2v) is 4.82. The molecule has 1 atom stereocenters. The minimum absolute atomic E-state index is 0.375. The van der Waals surface area contributed by atoms with E-state index in [0.717, 1.165) is 5.56 Å². The molecular weight excluding hydrogens is 248 g/mol. The second kappa shape index (κ2) is 6.15. The number of allylic oxidation sites excluding steroid dienone is 1. The molecule has 3 heteroatoms. The summed E-state index contributed by atoms with van der Waals surface area (Å²) >= 11 is 0. The molecule has 0 fully saturated rings. The third-order valence-corrected chi connectivity index (χ3v) is 3.47. The van der Waals surface area contributed by atoms with E-state index in [1.54, 1.807) is 12.3 Å². The number of benzene rings is 1. The molecule has 20 heavy (non-hydrogen) atoms. The number of carbonyl (C=O) groups is 1. The molecule has 1 unspecified atom stereocenters. The van der Waals surface area contributed by atoms with Crippen molar-refractivity contribution >= 4 is 5.91 Å². The van der Waals surface area contributed by atoms with Crippen LogP contribution in [0.5, 0.6) is 0 Å². The highest BCUT2D eigenvalue weighted by Crippen LogP contribution is 2.31. The first-order chi connectivity index (χ1) is 9.69. The summed E-state index contributed by atoms with van der Waals surface area (Å²) in [5.74, 6) is -0.375. The molecule has 102 valence electrons. The van der Waals surface area contributed by atoms with E-state index in [1.165, 1.54) is 0 Å². The molecule has 3 nitrogen and oxygen atoms in total. The first-order valence-corrected chi connectivity index (χ1v) is 6.55. The van der Waals surface area contributed by atoms with Crippen molar-refractivity contribution < 1.29 is 4.79 Å². The molecule has 1 aromatic carbocycles. The summed E-state index contributed by atoms with van der Waals surface area (Å²) in [5.41, 5.74) is 6.61.